The van der Waals surface area contributed by atoms with Crippen molar-refractivity contribution in [2.75, 3.05) is 4.90 Å². The van der Waals surface area contributed by atoms with E-state index in [-0.39, 0.29) is 0 Å². The zero-order valence-corrected chi connectivity index (χ0v) is 26.3. The van der Waals surface area contributed by atoms with Gasteiger partial charge in [0.05, 0.1) is 0 Å². The molecule has 0 unspecified atom stereocenters. The van der Waals surface area contributed by atoms with Crippen LogP contribution < -0.4 is 4.90 Å². The fourth-order valence-corrected chi connectivity index (χ4v) is 6.95. The summed E-state index contributed by atoms with van der Waals surface area (Å²) < 4.78 is 6.34. The van der Waals surface area contributed by atoms with Crippen molar-refractivity contribution < 1.29 is 4.42 Å². The molecule has 0 amide bonds. The van der Waals surface area contributed by atoms with Gasteiger partial charge in [0.1, 0.15) is 11.2 Å². The van der Waals surface area contributed by atoms with E-state index in [1.165, 1.54) is 44.2 Å². The molecule has 9 aromatic rings. The molecule has 0 spiro atoms. The van der Waals surface area contributed by atoms with Crippen molar-refractivity contribution in [3.8, 4) is 33.4 Å². The molecule has 1 heterocycles. The van der Waals surface area contributed by atoms with Gasteiger partial charge in [0.15, 0.2) is 0 Å². The predicted molar refractivity (Wildman–Crippen MR) is 202 cm³/mol. The number of rotatable bonds is 6. The first-order valence-corrected chi connectivity index (χ1v) is 16.3. The highest BCUT2D eigenvalue weighted by molar-refractivity contribution is 6.06. The zero-order chi connectivity index (χ0) is 31.9. The molecule has 0 saturated heterocycles. The molecule has 0 N–H and O–H groups in total. The fraction of sp³-hybridized carbons (Fsp3) is 0. The van der Waals surface area contributed by atoms with Gasteiger partial charge in [0.2, 0.25) is 0 Å². The average molecular weight is 614 g/mol. The third-order valence-corrected chi connectivity index (χ3v) is 9.28. The van der Waals surface area contributed by atoms with Crippen LogP contribution in [-0.4, -0.2) is 0 Å². The first kappa shape index (κ1) is 27.9. The molecular weight excluding hydrogens is 583 g/mol. The highest BCUT2D eigenvalue weighted by Crippen LogP contribution is 2.42. The number of para-hydroxylation sites is 1. The maximum absolute atomic E-state index is 6.34. The van der Waals surface area contributed by atoms with E-state index in [1.54, 1.807) is 0 Å². The quantitative estimate of drug-likeness (QED) is 0.185. The molecule has 0 radical (unpaired) electrons. The Hall–Kier alpha value is -6.38. The monoisotopic (exact) mass is 613 g/mol. The molecule has 8 aromatic carbocycles. The fourth-order valence-electron chi connectivity index (χ4n) is 6.95. The van der Waals surface area contributed by atoms with Gasteiger partial charge in [-0.2, -0.15) is 0 Å². The van der Waals surface area contributed by atoms with Crippen molar-refractivity contribution in [2.45, 2.75) is 0 Å². The maximum Gasteiger partial charge on any atom is 0.137 e. The zero-order valence-electron chi connectivity index (χ0n) is 26.3. The number of furan rings is 1. The minimum Gasteiger partial charge on any atom is -0.456 e. The Balaban J connectivity index is 1.18. The number of hydrogen-bond acceptors (Lipinski definition) is 2. The summed E-state index contributed by atoms with van der Waals surface area (Å²) >= 11 is 0. The summed E-state index contributed by atoms with van der Waals surface area (Å²) in [5.74, 6) is 0. The van der Waals surface area contributed by atoms with Crippen LogP contribution in [0, 0.1) is 0 Å². The van der Waals surface area contributed by atoms with Crippen LogP contribution in [0.25, 0.3) is 66.1 Å². The highest BCUT2D eigenvalue weighted by atomic mass is 16.3. The summed E-state index contributed by atoms with van der Waals surface area (Å²) in [6.45, 7) is 0. The van der Waals surface area contributed by atoms with E-state index in [0.717, 1.165) is 39.0 Å². The second-order valence-electron chi connectivity index (χ2n) is 12.1. The topological polar surface area (TPSA) is 16.4 Å². The molecular formula is C46H31NO. The molecule has 0 aliphatic heterocycles. The Kier molecular flexibility index (Phi) is 6.84. The van der Waals surface area contributed by atoms with E-state index in [0.29, 0.717) is 0 Å². The molecule has 2 nitrogen and oxygen atoms in total. The predicted octanol–water partition coefficient (Wildman–Crippen LogP) is 13.2. The Bertz CT molecular complexity index is 2530. The molecule has 0 aliphatic carbocycles. The summed E-state index contributed by atoms with van der Waals surface area (Å²) in [6, 6.07) is 66.9. The minimum absolute atomic E-state index is 0.875. The first-order chi connectivity index (χ1) is 23.8. The highest BCUT2D eigenvalue weighted by Gasteiger charge is 2.17. The number of nitrogens with zero attached hydrogens (tertiary/aromatic N) is 1. The third kappa shape index (κ3) is 4.92. The van der Waals surface area contributed by atoms with Gasteiger partial charge in [-0.15, -0.1) is 0 Å². The van der Waals surface area contributed by atoms with Crippen molar-refractivity contribution in [1.82, 2.24) is 0 Å². The normalized spacial score (nSPS) is 11.3. The Morgan fingerprint density at radius 2 is 0.875 bits per heavy atom. The molecule has 0 fully saturated rings. The van der Waals surface area contributed by atoms with Gasteiger partial charge in [-0.3, -0.25) is 0 Å². The van der Waals surface area contributed by atoms with E-state index in [9.17, 15) is 0 Å². The number of anilines is 3. The van der Waals surface area contributed by atoms with Gasteiger partial charge in [-0.1, -0.05) is 140 Å². The Labute approximate surface area is 279 Å². The van der Waals surface area contributed by atoms with Gasteiger partial charge in [0, 0.05) is 33.9 Å². The minimum atomic E-state index is 0.875. The summed E-state index contributed by atoms with van der Waals surface area (Å²) in [6.07, 6.45) is 0. The average Bonchev–Trinajstić information content (AvgIpc) is 3.54. The van der Waals surface area contributed by atoms with Crippen LogP contribution in [0.2, 0.25) is 0 Å². The van der Waals surface area contributed by atoms with Crippen molar-refractivity contribution in [2.24, 2.45) is 0 Å². The van der Waals surface area contributed by atoms with E-state index < -0.39 is 0 Å². The van der Waals surface area contributed by atoms with Crippen LogP contribution in [0.3, 0.4) is 0 Å². The van der Waals surface area contributed by atoms with Crippen LogP contribution in [0.4, 0.5) is 17.1 Å². The summed E-state index contributed by atoms with van der Waals surface area (Å²) in [7, 11) is 0. The second kappa shape index (κ2) is 11.8. The van der Waals surface area contributed by atoms with E-state index >= 15 is 0 Å². The van der Waals surface area contributed by atoms with Crippen LogP contribution in [0.5, 0.6) is 0 Å². The Morgan fingerprint density at radius 1 is 0.333 bits per heavy atom. The maximum atomic E-state index is 6.34. The van der Waals surface area contributed by atoms with Crippen LogP contribution in [0.1, 0.15) is 0 Å². The Morgan fingerprint density at radius 3 is 1.60 bits per heavy atom. The lowest BCUT2D eigenvalue weighted by molar-refractivity contribution is 0.669. The van der Waals surface area contributed by atoms with Crippen LogP contribution in [0.15, 0.2) is 192 Å². The van der Waals surface area contributed by atoms with Gasteiger partial charge < -0.3 is 9.32 Å². The van der Waals surface area contributed by atoms with Crippen LogP contribution in [-0.2, 0) is 0 Å². The van der Waals surface area contributed by atoms with Crippen LogP contribution >= 0.6 is 0 Å². The number of hydrogen-bond donors (Lipinski definition) is 0. The van der Waals surface area contributed by atoms with Gasteiger partial charge >= 0.3 is 0 Å². The molecule has 9 rings (SSSR count). The molecule has 1 aromatic heterocycles. The lowest BCUT2D eigenvalue weighted by atomic mass is 9.89. The lowest BCUT2D eigenvalue weighted by Gasteiger charge is -2.26. The van der Waals surface area contributed by atoms with E-state index in [4.69, 9.17) is 4.42 Å². The summed E-state index contributed by atoms with van der Waals surface area (Å²) in [4.78, 5) is 2.31. The third-order valence-electron chi connectivity index (χ3n) is 9.28. The summed E-state index contributed by atoms with van der Waals surface area (Å²) in [5.41, 5.74) is 12.2. The molecule has 0 atom stereocenters. The largest absolute Gasteiger partial charge is 0.456 e. The smallest absolute Gasteiger partial charge is 0.137 e. The molecule has 48 heavy (non-hydrogen) atoms. The van der Waals surface area contributed by atoms with E-state index in [2.05, 4.69) is 181 Å². The number of benzene rings is 8. The van der Waals surface area contributed by atoms with Gasteiger partial charge in [-0.05, 0) is 86.6 Å². The van der Waals surface area contributed by atoms with Gasteiger partial charge in [0.25, 0.3) is 0 Å². The standard InChI is InChI=1S/C46H31NO/c1-3-11-32(12-4-1)33-19-24-37(25-20-33)47(39-28-30-43-42-17-9-10-18-44(42)48-45(43)31-39)38-26-21-36(22-27-38)46-40-16-8-7-15-35(40)23-29-41(46)34-13-5-2-6-14-34/h1-31H. The van der Waals surface area contributed by atoms with Crippen molar-refractivity contribution >= 4 is 49.8 Å². The SMILES string of the molecule is c1ccc(-c2ccc(N(c3ccc(-c4c(-c5ccccc5)ccc5ccccc45)cc3)c3ccc4c(c3)oc3ccccc34)cc2)cc1. The molecule has 0 saturated carbocycles. The lowest BCUT2D eigenvalue weighted by Crippen LogP contribution is -2.09. The molecule has 0 aliphatic rings. The molecule has 2 heteroatoms. The second-order valence-corrected chi connectivity index (χ2v) is 12.1. The first-order valence-electron chi connectivity index (χ1n) is 16.3. The van der Waals surface area contributed by atoms with Crippen molar-refractivity contribution in [3.05, 3.63) is 188 Å². The van der Waals surface area contributed by atoms with Crippen molar-refractivity contribution in [3.63, 3.8) is 0 Å². The number of fused-ring (bicyclic) bond motifs is 4. The van der Waals surface area contributed by atoms with Gasteiger partial charge in [-0.25, -0.2) is 0 Å². The van der Waals surface area contributed by atoms with E-state index in [1.807, 2.05) is 12.1 Å². The summed E-state index contributed by atoms with van der Waals surface area (Å²) in [5, 5.41) is 4.73. The molecule has 0 bridgehead atoms. The van der Waals surface area contributed by atoms with Crippen molar-refractivity contribution in [1.29, 1.82) is 0 Å². The molecule has 226 valence electrons.